The molecule has 1 aliphatic heterocycles. The van der Waals surface area contributed by atoms with Crippen LogP contribution in [0, 0.1) is 0 Å². The van der Waals surface area contributed by atoms with E-state index in [0.29, 0.717) is 17.4 Å². The van der Waals surface area contributed by atoms with Gasteiger partial charge >= 0.3 is 0 Å². The van der Waals surface area contributed by atoms with Crippen LogP contribution in [0.1, 0.15) is 48.9 Å². The summed E-state index contributed by atoms with van der Waals surface area (Å²) in [7, 11) is 3.55. The lowest BCUT2D eigenvalue weighted by atomic mass is 10.0. The van der Waals surface area contributed by atoms with Crippen molar-refractivity contribution in [1.29, 1.82) is 0 Å². The van der Waals surface area contributed by atoms with Crippen LogP contribution < -0.4 is 4.74 Å². The first-order valence-corrected chi connectivity index (χ1v) is 8.85. The predicted octanol–water partition coefficient (Wildman–Crippen LogP) is 3.17. The van der Waals surface area contributed by atoms with Crippen molar-refractivity contribution in [2.24, 2.45) is 0 Å². The molecule has 0 unspecified atom stereocenters. The van der Waals surface area contributed by atoms with Gasteiger partial charge in [-0.25, -0.2) is 0 Å². The topological polar surface area (TPSA) is 32.8 Å². The second-order valence-electron chi connectivity index (χ2n) is 6.82. The van der Waals surface area contributed by atoms with Crippen LogP contribution in [-0.2, 0) is 0 Å². The Kier molecular flexibility index (Phi) is 5.21. The van der Waals surface area contributed by atoms with Gasteiger partial charge in [0.25, 0.3) is 5.91 Å². The summed E-state index contributed by atoms with van der Waals surface area (Å²) >= 11 is 0. The Balaban J connectivity index is 1.60. The number of likely N-dealkylation sites (tertiary alicyclic amines) is 1. The Bertz CT molecular complexity index is 532. The molecule has 3 rings (SSSR count). The molecule has 1 aliphatic carbocycles. The molecule has 126 valence electrons. The van der Waals surface area contributed by atoms with E-state index in [2.05, 4.69) is 4.90 Å². The third kappa shape index (κ3) is 3.52. The molecule has 2 fully saturated rings. The third-order valence-electron chi connectivity index (χ3n) is 5.55. The lowest BCUT2D eigenvalue weighted by Crippen LogP contribution is -2.48. The molecule has 0 radical (unpaired) electrons. The smallest absolute Gasteiger partial charge is 0.257 e. The van der Waals surface area contributed by atoms with Crippen LogP contribution in [0.15, 0.2) is 24.3 Å². The summed E-state index contributed by atoms with van der Waals surface area (Å²) in [4.78, 5) is 17.4. The molecule has 0 spiro atoms. The molecule has 23 heavy (non-hydrogen) atoms. The van der Waals surface area contributed by atoms with Gasteiger partial charge in [0.1, 0.15) is 5.75 Å². The summed E-state index contributed by atoms with van der Waals surface area (Å²) in [5, 5.41) is 0. The number of piperidine rings is 1. The highest BCUT2D eigenvalue weighted by molar-refractivity contribution is 5.97. The molecule has 1 saturated carbocycles. The fourth-order valence-corrected chi connectivity index (χ4v) is 4.08. The highest BCUT2D eigenvalue weighted by atomic mass is 16.5. The molecule has 2 aliphatic rings. The number of carbonyl (C=O) groups is 1. The number of benzene rings is 1. The van der Waals surface area contributed by atoms with Crippen molar-refractivity contribution in [2.45, 2.75) is 50.6 Å². The lowest BCUT2D eigenvalue weighted by Gasteiger charge is -2.39. The Morgan fingerprint density at radius 3 is 2.43 bits per heavy atom. The molecular weight excluding hydrogens is 288 g/mol. The third-order valence-corrected chi connectivity index (χ3v) is 5.55. The lowest BCUT2D eigenvalue weighted by molar-refractivity contribution is 0.0596. The van der Waals surface area contributed by atoms with E-state index in [1.165, 1.54) is 25.7 Å². The molecule has 1 aromatic carbocycles. The number of rotatable bonds is 4. The second kappa shape index (κ2) is 7.35. The van der Waals surface area contributed by atoms with Gasteiger partial charge in [0.05, 0.1) is 12.7 Å². The Hall–Kier alpha value is -1.55. The molecule has 1 aromatic rings. The number of amides is 1. The van der Waals surface area contributed by atoms with Crippen molar-refractivity contribution >= 4 is 5.91 Å². The van der Waals surface area contributed by atoms with Crippen LogP contribution in [0.3, 0.4) is 0 Å². The number of nitrogens with zero attached hydrogens (tertiary/aromatic N) is 2. The van der Waals surface area contributed by atoms with Gasteiger partial charge in [0.2, 0.25) is 0 Å². The van der Waals surface area contributed by atoms with Crippen LogP contribution in [-0.4, -0.2) is 55.0 Å². The largest absolute Gasteiger partial charge is 0.496 e. The number of para-hydroxylation sites is 1. The first-order valence-electron chi connectivity index (χ1n) is 8.85. The highest BCUT2D eigenvalue weighted by Crippen LogP contribution is 2.28. The molecule has 1 heterocycles. The maximum absolute atomic E-state index is 12.8. The van der Waals surface area contributed by atoms with Crippen LogP contribution in [0.5, 0.6) is 5.75 Å². The summed E-state index contributed by atoms with van der Waals surface area (Å²) < 4.78 is 5.33. The minimum atomic E-state index is 0.0711. The monoisotopic (exact) mass is 316 g/mol. The van der Waals surface area contributed by atoms with E-state index in [1.54, 1.807) is 7.11 Å². The average molecular weight is 316 g/mol. The Labute approximate surface area is 139 Å². The first kappa shape index (κ1) is 16.3. The van der Waals surface area contributed by atoms with Crippen molar-refractivity contribution in [3.8, 4) is 5.75 Å². The maximum atomic E-state index is 12.8. The van der Waals surface area contributed by atoms with E-state index in [4.69, 9.17) is 4.74 Å². The van der Waals surface area contributed by atoms with Crippen LogP contribution in [0.2, 0.25) is 0 Å². The molecule has 0 aromatic heterocycles. The summed E-state index contributed by atoms with van der Waals surface area (Å²) in [6.07, 6.45) is 7.65. The number of methoxy groups -OCH3 is 1. The van der Waals surface area contributed by atoms with Crippen molar-refractivity contribution in [3.05, 3.63) is 29.8 Å². The Morgan fingerprint density at radius 1 is 1.13 bits per heavy atom. The molecule has 0 bridgehead atoms. The first-order chi connectivity index (χ1) is 11.2. The number of hydrogen-bond donors (Lipinski definition) is 0. The minimum Gasteiger partial charge on any atom is -0.496 e. The summed E-state index contributed by atoms with van der Waals surface area (Å²) in [5.74, 6) is 0.731. The summed E-state index contributed by atoms with van der Waals surface area (Å²) in [5.41, 5.74) is 0.663. The van der Waals surface area contributed by atoms with Gasteiger partial charge < -0.3 is 14.5 Å². The Morgan fingerprint density at radius 2 is 1.78 bits per heavy atom. The molecule has 4 heteroatoms. The zero-order valence-electron chi connectivity index (χ0n) is 14.3. The van der Waals surface area contributed by atoms with Crippen molar-refractivity contribution in [1.82, 2.24) is 9.80 Å². The fourth-order valence-electron chi connectivity index (χ4n) is 4.08. The number of carbonyl (C=O) groups excluding carboxylic acids is 1. The van der Waals surface area contributed by atoms with Crippen molar-refractivity contribution < 1.29 is 9.53 Å². The maximum Gasteiger partial charge on any atom is 0.257 e. The van der Waals surface area contributed by atoms with Crippen molar-refractivity contribution in [3.63, 3.8) is 0 Å². The van der Waals surface area contributed by atoms with Gasteiger partial charge in [0, 0.05) is 32.2 Å². The predicted molar refractivity (Wildman–Crippen MR) is 91.9 cm³/mol. The van der Waals surface area contributed by atoms with E-state index >= 15 is 0 Å². The van der Waals surface area contributed by atoms with E-state index in [-0.39, 0.29) is 5.91 Å². The summed E-state index contributed by atoms with van der Waals surface area (Å²) in [6, 6.07) is 8.63. The van der Waals surface area contributed by atoms with Crippen molar-refractivity contribution in [2.75, 3.05) is 27.2 Å². The molecule has 4 nitrogen and oxygen atoms in total. The van der Waals surface area contributed by atoms with Crippen LogP contribution in [0.25, 0.3) is 0 Å². The average Bonchev–Trinajstić information content (AvgIpc) is 3.15. The van der Waals surface area contributed by atoms with E-state index in [9.17, 15) is 4.79 Å². The quantitative estimate of drug-likeness (QED) is 0.855. The number of hydrogen-bond acceptors (Lipinski definition) is 3. The molecule has 0 N–H and O–H groups in total. The molecule has 1 amide bonds. The SMILES string of the molecule is COc1ccccc1C(=O)N(C)C1CCN(C2CCCC2)CC1. The fraction of sp³-hybridized carbons (Fsp3) is 0.632. The zero-order valence-corrected chi connectivity index (χ0v) is 14.3. The van der Waals surface area contributed by atoms with E-state index in [0.717, 1.165) is 32.0 Å². The van der Waals surface area contributed by atoms with Crippen LogP contribution in [0.4, 0.5) is 0 Å². The summed E-state index contributed by atoms with van der Waals surface area (Å²) in [6.45, 7) is 2.25. The van der Waals surface area contributed by atoms with Gasteiger partial charge in [-0.1, -0.05) is 25.0 Å². The minimum absolute atomic E-state index is 0.0711. The van der Waals surface area contributed by atoms with Gasteiger partial charge in [-0.3, -0.25) is 4.79 Å². The standard InChI is InChI=1S/C19H28N2O2/c1-20(19(22)17-9-5-6-10-18(17)23-2)15-11-13-21(14-12-15)16-7-3-4-8-16/h5-6,9-10,15-16H,3-4,7-8,11-14H2,1-2H3. The van der Waals surface area contributed by atoms with E-state index in [1.807, 2.05) is 36.2 Å². The zero-order chi connectivity index (χ0) is 16.2. The number of ether oxygens (including phenoxy) is 1. The van der Waals surface area contributed by atoms with Gasteiger partial charge in [0.15, 0.2) is 0 Å². The normalized spacial score (nSPS) is 20.6. The van der Waals surface area contributed by atoms with E-state index < -0.39 is 0 Å². The molecular formula is C19H28N2O2. The molecule has 0 atom stereocenters. The van der Waals surface area contributed by atoms with Gasteiger partial charge in [-0.05, 0) is 37.8 Å². The van der Waals surface area contributed by atoms with Gasteiger partial charge in [-0.15, -0.1) is 0 Å². The van der Waals surface area contributed by atoms with Gasteiger partial charge in [-0.2, -0.15) is 0 Å². The van der Waals surface area contributed by atoms with Crippen LogP contribution >= 0.6 is 0 Å². The second-order valence-corrected chi connectivity index (χ2v) is 6.82. The highest BCUT2D eigenvalue weighted by Gasteiger charge is 2.30. The molecule has 1 saturated heterocycles.